The summed E-state index contributed by atoms with van der Waals surface area (Å²) in [5.74, 6) is 0.384. The number of amides is 1. The molecule has 0 unspecified atom stereocenters. The number of sulfonamides is 2. The molecule has 0 aromatic heterocycles. The molecule has 0 aliphatic rings. The van der Waals surface area contributed by atoms with E-state index in [2.05, 4.69) is 10.0 Å². The molecule has 0 saturated carbocycles. The second-order valence-electron chi connectivity index (χ2n) is 7.91. The number of anilines is 2. The van der Waals surface area contributed by atoms with Gasteiger partial charge in [0.05, 0.1) is 16.9 Å². The highest BCUT2D eigenvalue weighted by molar-refractivity contribution is 7.92. The van der Waals surface area contributed by atoms with Crippen LogP contribution in [0.15, 0.2) is 76.5 Å². The Morgan fingerprint density at radius 1 is 0.861 bits per heavy atom. The molecule has 1 amide bonds. The van der Waals surface area contributed by atoms with Crippen molar-refractivity contribution in [2.45, 2.75) is 16.7 Å². The van der Waals surface area contributed by atoms with E-state index in [1.165, 1.54) is 57.6 Å². The summed E-state index contributed by atoms with van der Waals surface area (Å²) in [6, 6.07) is 16.5. The largest absolute Gasteiger partial charge is 0.497 e. The molecule has 3 aromatic rings. The Bertz CT molecular complexity index is 1440. The smallest absolute Gasteiger partial charge is 0.262 e. The van der Waals surface area contributed by atoms with Crippen molar-refractivity contribution in [1.82, 2.24) is 4.31 Å². The number of carbonyl (C=O) groups is 1. The highest BCUT2D eigenvalue weighted by Gasteiger charge is 2.19. The Morgan fingerprint density at radius 2 is 1.44 bits per heavy atom. The zero-order valence-corrected chi connectivity index (χ0v) is 21.8. The molecule has 0 saturated heterocycles. The molecule has 0 atom stereocenters. The van der Waals surface area contributed by atoms with E-state index < -0.39 is 26.0 Å². The molecule has 0 fully saturated rings. The number of ether oxygens (including phenoxy) is 2. The van der Waals surface area contributed by atoms with Crippen molar-refractivity contribution in [2.75, 3.05) is 37.9 Å². The molecule has 0 heterocycles. The zero-order chi connectivity index (χ0) is 26.5. The van der Waals surface area contributed by atoms with Crippen molar-refractivity contribution in [1.29, 1.82) is 0 Å². The summed E-state index contributed by atoms with van der Waals surface area (Å²) in [6.07, 6.45) is 0. The van der Waals surface area contributed by atoms with Crippen molar-refractivity contribution >= 4 is 37.3 Å². The lowest BCUT2D eigenvalue weighted by atomic mass is 10.2. The standard InChI is InChI=1S/C24H27N3O7S2/c1-17-5-12-22(36(31,32)27(2)3)15-23(17)25-24(28)16-34-20-10-13-21(14-11-20)35(29,30)26-18-6-8-19(33-4)9-7-18/h5-15,26H,16H2,1-4H3,(H,25,28). The lowest BCUT2D eigenvalue weighted by Gasteiger charge is -2.14. The van der Waals surface area contributed by atoms with Crippen molar-refractivity contribution in [3.05, 3.63) is 72.3 Å². The van der Waals surface area contributed by atoms with Crippen molar-refractivity contribution in [3.8, 4) is 11.5 Å². The topological polar surface area (TPSA) is 131 Å². The minimum absolute atomic E-state index is 0.0182. The predicted octanol–water partition coefficient (Wildman–Crippen LogP) is 3.07. The number of carbonyl (C=O) groups excluding carboxylic acids is 1. The molecule has 10 nitrogen and oxygen atoms in total. The van der Waals surface area contributed by atoms with Gasteiger partial charge in [-0.25, -0.2) is 21.1 Å². The maximum Gasteiger partial charge on any atom is 0.262 e. The fraction of sp³-hybridized carbons (Fsp3) is 0.208. The maximum atomic E-state index is 12.6. The molecular formula is C24H27N3O7S2. The Hall–Kier alpha value is -3.61. The van der Waals surface area contributed by atoms with Crippen LogP contribution >= 0.6 is 0 Å². The summed E-state index contributed by atoms with van der Waals surface area (Å²) in [6.45, 7) is 1.38. The lowest BCUT2D eigenvalue weighted by molar-refractivity contribution is -0.118. The van der Waals surface area contributed by atoms with Crippen molar-refractivity contribution < 1.29 is 31.1 Å². The van der Waals surface area contributed by atoms with Crippen molar-refractivity contribution in [2.24, 2.45) is 0 Å². The first-order chi connectivity index (χ1) is 16.9. The van der Waals surface area contributed by atoms with E-state index in [0.29, 0.717) is 22.7 Å². The van der Waals surface area contributed by atoms with Crippen LogP contribution in [0.2, 0.25) is 0 Å². The summed E-state index contributed by atoms with van der Waals surface area (Å²) in [7, 11) is -3.12. The third-order valence-electron chi connectivity index (χ3n) is 5.11. The molecule has 36 heavy (non-hydrogen) atoms. The van der Waals surface area contributed by atoms with Gasteiger partial charge < -0.3 is 14.8 Å². The van der Waals surface area contributed by atoms with Gasteiger partial charge in [-0.05, 0) is 73.2 Å². The maximum absolute atomic E-state index is 12.6. The van der Waals surface area contributed by atoms with E-state index >= 15 is 0 Å². The summed E-state index contributed by atoms with van der Waals surface area (Å²) < 4.78 is 64.0. The Labute approximate surface area is 211 Å². The molecule has 192 valence electrons. The summed E-state index contributed by atoms with van der Waals surface area (Å²) in [4.78, 5) is 12.5. The number of nitrogens with one attached hydrogen (secondary N) is 2. The molecular weight excluding hydrogens is 506 g/mol. The average molecular weight is 534 g/mol. The molecule has 0 aliphatic carbocycles. The SMILES string of the molecule is COc1ccc(NS(=O)(=O)c2ccc(OCC(=O)Nc3cc(S(=O)(=O)N(C)C)ccc3C)cc2)cc1. The minimum atomic E-state index is -3.83. The van der Waals surface area contributed by atoms with Crippen LogP contribution in [0.4, 0.5) is 11.4 Å². The summed E-state index contributed by atoms with van der Waals surface area (Å²) in [5, 5.41) is 2.64. The molecule has 2 N–H and O–H groups in total. The number of hydrogen-bond acceptors (Lipinski definition) is 7. The van der Waals surface area contributed by atoms with E-state index in [0.717, 1.165) is 4.31 Å². The van der Waals surface area contributed by atoms with Crippen LogP contribution in [-0.4, -0.2) is 54.9 Å². The van der Waals surface area contributed by atoms with Crippen molar-refractivity contribution in [3.63, 3.8) is 0 Å². The third kappa shape index (κ3) is 6.53. The first kappa shape index (κ1) is 27.0. The van der Waals surface area contributed by atoms with Gasteiger partial charge in [-0.2, -0.15) is 0 Å². The first-order valence-corrected chi connectivity index (χ1v) is 13.6. The van der Waals surface area contributed by atoms with Gasteiger partial charge in [0, 0.05) is 25.5 Å². The van der Waals surface area contributed by atoms with Gasteiger partial charge in [0.2, 0.25) is 10.0 Å². The Kier molecular flexibility index (Phi) is 8.23. The molecule has 0 radical (unpaired) electrons. The molecule has 0 aliphatic heterocycles. The normalized spacial score (nSPS) is 11.7. The fourth-order valence-electron chi connectivity index (χ4n) is 3.03. The van der Waals surface area contributed by atoms with Crippen LogP contribution in [0.3, 0.4) is 0 Å². The van der Waals surface area contributed by atoms with E-state index in [4.69, 9.17) is 9.47 Å². The monoisotopic (exact) mass is 533 g/mol. The minimum Gasteiger partial charge on any atom is -0.497 e. The molecule has 0 spiro atoms. The molecule has 3 rings (SSSR count). The van der Waals surface area contributed by atoms with Gasteiger partial charge in [0.25, 0.3) is 15.9 Å². The van der Waals surface area contributed by atoms with Crippen LogP contribution < -0.4 is 19.5 Å². The van der Waals surface area contributed by atoms with Crippen LogP contribution in [0, 0.1) is 6.92 Å². The second-order valence-corrected chi connectivity index (χ2v) is 11.7. The molecule has 3 aromatic carbocycles. The zero-order valence-electron chi connectivity index (χ0n) is 20.2. The van der Waals surface area contributed by atoms with E-state index in [1.54, 1.807) is 37.3 Å². The summed E-state index contributed by atoms with van der Waals surface area (Å²) in [5.41, 5.74) is 1.41. The highest BCUT2D eigenvalue weighted by atomic mass is 32.2. The van der Waals surface area contributed by atoms with Gasteiger partial charge in [-0.15, -0.1) is 0 Å². The number of benzene rings is 3. The number of rotatable bonds is 10. The third-order valence-corrected chi connectivity index (χ3v) is 8.32. The average Bonchev–Trinajstić information content (AvgIpc) is 2.84. The van der Waals surface area contributed by atoms with Crippen LogP contribution in [0.5, 0.6) is 11.5 Å². The van der Waals surface area contributed by atoms with E-state index in [9.17, 15) is 21.6 Å². The Morgan fingerprint density at radius 3 is 2.03 bits per heavy atom. The lowest BCUT2D eigenvalue weighted by Crippen LogP contribution is -2.23. The summed E-state index contributed by atoms with van der Waals surface area (Å²) >= 11 is 0. The Balaban J connectivity index is 1.62. The first-order valence-electron chi connectivity index (χ1n) is 10.6. The molecule has 12 heteroatoms. The number of aryl methyl sites for hydroxylation is 1. The van der Waals surface area contributed by atoms with E-state index in [1.807, 2.05) is 0 Å². The van der Waals surface area contributed by atoms with Crippen LogP contribution in [-0.2, 0) is 24.8 Å². The quantitative estimate of drug-likeness (QED) is 0.409. The van der Waals surface area contributed by atoms with Gasteiger partial charge in [0.1, 0.15) is 11.5 Å². The molecule has 0 bridgehead atoms. The highest BCUT2D eigenvalue weighted by Crippen LogP contribution is 2.23. The van der Waals surface area contributed by atoms with Gasteiger partial charge in [0.15, 0.2) is 6.61 Å². The fourth-order valence-corrected chi connectivity index (χ4v) is 5.02. The van der Waals surface area contributed by atoms with Crippen LogP contribution in [0.25, 0.3) is 0 Å². The van der Waals surface area contributed by atoms with Gasteiger partial charge >= 0.3 is 0 Å². The van der Waals surface area contributed by atoms with Gasteiger partial charge in [-0.1, -0.05) is 6.07 Å². The number of hydrogen-bond donors (Lipinski definition) is 2. The number of nitrogens with zero attached hydrogens (tertiary/aromatic N) is 1. The van der Waals surface area contributed by atoms with E-state index in [-0.39, 0.29) is 22.1 Å². The van der Waals surface area contributed by atoms with Crippen LogP contribution in [0.1, 0.15) is 5.56 Å². The number of methoxy groups -OCH3 is 1. The van der Waals surface area contributed by atoms with Gasteiger partial charge in [-0.3, -0.25) is 9.52 Å². The second kappa shape index (κ2) is 11.0. The predicted molar refractivity (Wildman–Crippen MR) is 136 cm³/mol.